The van der Waals surface area contributed by atoms with Crippen LogP contribution in [0.5, 0.6) is 0 Å². The van der Waals surface area contributed by atoms with Gasteiger partial charge in [0.05, 0.1) is 6.54 Å². The highest BCUT2D eigenvalue weighted by Crippen LogP contribution is 2.22. The van der Waals surface area contributed by atoms with Gasteiger partial charge in [-0.25, -0.2) is 0 Å². The molecule has 3 heterocycles. The van der Waals surface area contributed by atoms with E-state index in [2.05, 4.69) is 11.8 Å². The van der Waals surface area contributed by atoms with Gasteiger partial charge in [-0.2, -0.15) is 0 Å². The van der Waals surface area contributed by atoms with Crippen LogP contribution in [0, 0.1) is 5.92 Å². The molecule has 1 amide bonds. The van der Waals surface area contributed by atoms with Gasteiger partial charge in [0.2, 0.25) is 0 Å². The van der Waals surface area contributed by atoms with Crippen LogP contribution in [-0.4, -0.2) is 53.5 Å². The fraction of sp³-hybridized carbons (Fsp3) is 0.444. The Morgan fingerprint density at radius 1 is 1.25 bits per heavy atom. The van der Waals surface area contributed by atoms with Gasteiger partial charge in [-0.3, -0.25) is 9.59 Å². The van der Waals surface area contributed by atoms with Crippen molar-refractivity contribution in [3.8, 4) is 0 Å². The molecule has 0 aromatic carbocycles. The number of nitrogens with zero attached hydrogens (tertiary/aromatic N) is 3. The maximum atomic E-state index is 12.6. The molecule has 2 aromatic rings. The lowest BCUT2D eigenvalue weighted by Crippen LogP contribution is -2.35. The van der Waals surface area contributed by atoms with Gasteiger partial charge in [0.25, 0.3) is 11.5 Å². The molecule has 1 aliphatic rings. The van der Waals surface area contributed by atoms with E-state index in [-0.39, 0.29) is 11.5 Å². The lowest BCUT2D eigenvalue weighted by Gasteiger charge is -2.22. The number of hydrogen-bond acceptors (Lipinski definition) is 4. The molecule has 0 spiro atoms. The molecule has 2 atom stereocenters. The number of aromatic nitrogens is 1. The van der Waals surface area contributed by atoms with E-state index in [4.69, 9.17) is 4.42 Å². The molecule has 1 aliphatic heterocycles. The Labute approximate surface area is 141 Å². The van der Waals surface area contributed by atoms with Crippen LogP contribution in [-0.2, 0) is 6.54 Å². The van der Waals surface area contributed by atoms with Gasteiger partial charge in [0.15, 0.2) is 5.76 Å². The zero-order valence-corrected chi connectivity index (χ0v) is 14.3. The molecule has 0 saturated carbocycles. The molecule has 128 valence electrons. The summed E-state index contributed by atoms with van der Waals surface area (Å²) >= 11 is 0. The lowest BCUT2D eigenvalue weighted by molar-refractivity contribution is 0.0747. The van der Waals surface area contributed by atoms with Gasteiger partial charge in [-0.05, 0) is 38.2 Å². The molecule has 1 fully saturated rings. The van der Waals surface area contributed by atoms with Crippen LogP contribution < -0.4 is 5.56 Å². The Balaban J connectivity index is 1.71. The first-order chi connectivity index (χ1) is 11.5. The number of pyridine rings is 1. The summed E-state index contributed by atoms with van der Waals surface area (Å²) in [5.41, 5.74) is -0.0935. The highest BCUT2D eigenvalue weighted by molar-refractivity contribution is 5.91. The average molecular weight is 329 g/mol. The van der Waals surface area contributed by atoms with E-state index < -0.39 is 0 Å². The van der Waals surface area contributed by atoms with Crippen LogP contribution in [0.25, 0.3) is 0 Å². The lowest BCUT2D eigenvalue weighted by atomic mass is 10.1. The highest BCUT2D eigenvalue weighted by atomic mass is 16.4. The Hall–Kier alpha value is -2.34. The first kappa shape index (κ1) is 16.5. The topological polar surface area (TPSA) is 58.7 Å². The molecular weight excluding hydrogens is 306 g/mol. The predicted molar refractivity (Wildman–Crippen MR) is 91.1 cm³/mol. The molecule has 3 rings (SSSR count). The summed E-state index contributed by atoms with van der Waals surface area (Å²) in [6.07, 6.45) is 1.70. The summed E-state index contributed by atoms with van der Waals surface area (Å²) in [6, 6.07) is 8.82. The number of carbonyl (C=O) groups is 1. The molecule has 0 radical (unpaired) electrons. The second-order valence-corrected chi connectivity index (χ2v) is 6.65. The third kappa shape index (κ3) is 3.28. The van der Waals surface area contributed by atoms with E-state index in [9.17, 15) is 9.59 Å². The number of furan rings is 1. The van der Waals surface area contributed by atoms with E-state index in [1.54, 1.807) is 35.0 Å². The average Bonchev–Trinajstić information content (AvgIpc) is 3.16. The van der Waals surface area contributed by atoms with Crippen molar-refractivity contribution in [2.24, 2.45) is 5.92 Å². The summed E-state index contributed by atoms with van der Waals surface area (Å²) in [4.78, 5) is 28.4. The minimum atomic E-state index is -0.0935. The maximum absolute atomic E-state index is 12.6. The van der Waals surface area contributed by atoms with Crippen molar-refractivity contribution in [1.82, 2.24) is 14.4 Å². The molecular formula is C18H23N3O3. The minimum absolute atomic E-state index is 0.0853. The number of amides is 1. The van der Waals surface area contributed by atoms with Gasteiger partial charge in [-0.15, -0.1) is 0 Å². The van der Waals surface area contributed by atoms with Crippen LogP contribution in [0.15, 0.2) is 45.7 Å². The van der Waals surface area contributed by atoms with Gasteiger partial charge in [0, 0.05) is 31.4 Å². The van der Waals surface area contributed by atoms with Crippen LogP contribution in [0.1, 0.15) is 23.2 Å². The summed E-state index contributed by atoms with van der Waals surface area (Å²) < 4.78 is 7.23. The third-order valence-electron chi connectivity index (χ3n) is 4.62. The molecule has 0 unspecified atom stereocenters. The van der Waals surface area contributed by atoms with Crippen LogP contribution in [0.3, 0.4) is 0 Å². The van der Waals surface area contributed by atoms with Gasteiger partial charge >= 0.3 is 0 Å². The number of likely N-dealkylation sites (N-methyl/N-ethyl adjacent to an activating group) is 1. The fourth-order valence-corrected chi connectivity index (χ4v) is 3.28. The smallest absolute Gasteiger partial charge is 0.289 e. The molecule has 0 aliphatic carbocycles. The predicted octanol–water partition coefficient (Wildman–Crippen LogP) is 1.51. The molecule has 0 bridgehead atoms. The second-order valence-electron chi connectivity index (χ2n) is 6.65. The quantitative estimate of drug-likeness (QED) is 0.853. The van der Waals surface area contributed by atoms with E-state index in [0.29, 0.717) is 36.6 Å². The van der Waals surface area contributed by atoms with Crippen LogP contribution in [0.2, 0.25) is 0 Å². The van der Waals surface area contributed by atoms with E-state index in [1.807, 2.05) is 19.0 Å². The standard InChI is InChI=1S/C18H23N3O3/c1-13-10-21(12-15(13)19(2)3)18(23)16-8-7-14(24-16)11-20-9-5-4-6-17(20)22/h4-9,13,15H,10-12H2,1-3H3/t13-,15+/m0/s1. The zero-order chi connectivity index (χ0) is 17.3. The van der Waals surface area contributed by atoms with Gasteiger partial charge in [-0.1, -0.05) is 13.0 Å². The van der Waals surface area contributed by atoms with E-state index in [1.165, 1.54) is 6.07 Å². The number of hydrogen-bond donors (Lipinski definition) is 0. The van der Waals surface area contributed by atoms with Crippen molar-refractivity contribution in [3.63, 3.8) is 0 Å². The van der Waals surface area contributed by atoms with Gasteiger partial charge < -0.3 is 18.8 Å². The maximum Gasteiger partial charge on any atom is 0.289 e. The van der Waals surface area contributed by atoms with Crippen molar-refractivity contribution >= 4 is 5.91 Å². The highest BCUT2D eigenvalue weighted by Gasteiger charge is 2.34. The van der Waals surface area contributed by atoms with Crippen LogP contribution in [0.4, 0.5) is 0 Å². The number of rotatable bonds is 4. The molecule has 1 saturated heterocycles. The third-order valence-corrected chi connectivity index (χ3v) is 4.62. The molecule has 6 heteroatoms. The Morgan fingerprint density at radius 3 is 2.71 bits per heavy atom. The summed E-state index contributed by atoms with van der Waals surface area (Å²) in [7, 11) is 4.08. The Morgan fingerprint density at radius 2 is 2.04 bits per heavy atom. The first-order valence-corrected chi connectivity index (χ1v) is 8.15. The van der Waals surface area contributed by atoms with Crippen molar-refractivity contribution in [3.05, 3.63) is 58.4 Å². The first-order valence-electron chi connectivity index (χ1n) is 8.15. The molecule has 24 heavy (non-hydrogen) atoms. The van der Waals surface area contributed by atoms with E-state index >= 15 is 0 Å². The SMILES string of the molecule is C[C@H]1CN(C(=O)c2ccc(Cn3ccccc3=O)o2)C[C@H]1N(C)C. The van der Waals surface area contributed by atoms with E-state index in [0.717, 1.165) is 6.54 Å². The largest absolute Gasteiger partial charge is 0.454 e. The molecule has 0 N–H and O–H groups in total. The summed E-state index contributed by atoms with van der Waals surface area (Å²) in [5, 5.41) is 0. The number of carbonyl (C=O) groups excluding carboxylic acids is 1. The monoisotopic (exact) mass is 329 g/mol. The number of likely N-dealkylation sites (tertiary alicyclic amines) is 1. The minimum Gasteiger partial charge on any atom is -0.454 e. The fourth-order valence-electron chi connectivity index (χ4n) is 3.28. The second kappa shape index (κ2) is 6.65. The Bertz CT molecular complexity index is 778. The van der Waals surface area contributed by atoms with Crippen molar-refractivity contribution in [1.29, 1.82) is 0 Å². The summed E-state index contributed by atoms with van der Waals surface area (Å²) in [6.45, 7) is 3.92. The van der Waals surface area contributed by atoms with Gasteiger partial charge in [0.1, 0.15) is 5.76 Å². The molecule has 2 aromatic heterocycles. The van der Waals surface area contributed by atoms with Crippen molar-refractivity contribution in [2.75, 3.05) is 27.2 Å². The van der Waals surface area contributed by atoms with Crippen molar-refractivity contribution < 1.29 is 9.21 Å². The molecule has 6 nitrogen and oxygen atoms in total. The van der Waals surface area contributed by atoms with Crippen molar-refractivity contribution in [2.45, 2.75) is 19.5 Å². The zero-order valence-electron chi connectivity index (χ0n) is 14.3. The summed E-state index contributed by atoms with van der Waals surface area (Å²) in [5.74, 6) is 1.28. The Kier molecular flexibility index (Phi) is 4.57. The normalized spacial score (nSPS) is 20.8. The van der Waals surface area contributed by atoms with Crippen LogP contribution >= 0.6 is 0 Å².